The van der Waals surface area contributed by atoms with Gasteiger partial charge in [-0.3, -0.25) is 4.90 Å². The first-order chi connectivity index (χ1) is 9.10. The average Bonchev–Trinajstić information content (AvgIpc) is 2.41. The summed E-state index contributed by atoms with van der Waals surface area (Å²) in [6.07, 6.45) is -0.544. The molecule has 0 radical (unpaired) electrons. The quantitative estimate of drug-likeness (QED) is 0.629. The van der Waals surface area contributed by atoms with Crippen molar-refractivity contribution in [2.75, 3.05) is 26.8 Å². The van der Waals surface area contributed by atoms with Gasteiger partial charge in [-0.05, 0) is 6.07 Å². The van der Waals surface area contributed by atoms with Crippen molar-refractivity contribution in [2.45, 2.75) is 12.6 Å². The van der Waals surface area contributed by atoms with Gasteiger partial charge in [-0.25, -0.2) is 9.78 Å². The zero-order valence-corrected chi connectivity index (χ0v) is 11.9. The van der Waals surface area contributed by atoms with Crippen molar-refractivity contribution in [3.05, 3.63) is 28.0 Å². The second-order valence-electron chi connectivity index (χ2n) is 4.20. The lowest BCUT2D eigenvalue weighted by Crippen LogP contribution is -2.46. The molecular formula is C12H14Cl2N2O3. The van der Waals surface area contributed by atoms with Crippen molar-refractivity contribution in [3.8, 4) is 0 Å². The summed E-state index contributed by atoms with van der Waals surface area (Å²) in [5.74, 6) is -0.356. The Morgan fingerprint density at radius 3 is 3.05 bits per heavy atom. The van der Waals surface area contributed by atoms with E-state index in [4.69, 9.17) is 27.9 Å². The van der Waals surface area contributed by atoms with Crippen LogP contribution in [-0.2, 0) is 20.8 Å². The van der Waals surface area contributed by atoms with Crippen LogP contribution < -0.4 is 0 Å². The van der Waals surface area contributed by atoms with Crippen LogP contribution in [0.2, 0.25) is 10.3 Å². The molecule has 0 bridgehead atoms. The topological polar surface area (TPSA) is 51.7 Å². The highest BCUT2D eigenvalue weighted by molar-refractivity contribution is 6.32. The molecule has 0 amide bonds. The molecule has 1 atom stereocenters. The normalized spacial score (nSPS) is 20.3. The molecule has 2 heterocycles. The summed E-state index contributed by atoms with van der Waals surface area (Å²) in [7, 11) is 1.35. The molecule has 0 aliphatic carbocycles. The van der Waals surface area contributed by atoms with Crippen LogP contribution in [0.15, 0.2) is 12.1 Å². The maximum absolute atomic E-state index is 11.4. The number of ether oxygens (including phenoxy) is 2. The van der Waals surface area contributed by atoms with Gasteiger partial charge in [0.25, 0.3) is 0 Å². The third-order valence-corrected chi connectivity index (χ3v) is 3.44. The molecular weight excluding hydrogens is 291 g/mol. The molecule has 1 aromatic rings. The van der Waals surface area contributed by atoms with Gasteiger partial charge in [0.1, 0.15) is 10.3 Å². The molecule has 19 heavy (non-hydrogen) atoms. The Hall–Kier alpha value is -0.880. The van der Waals surface area contributed by atoms with Crippen molar-refractivity contribution >= 4 is 29.2 Å². The van der Waals surface area contributed by atoms with Gasteiger partial charge in [0.05, 0.1) is 13.7 Å². The van der Waals surface area contributed by atoms with E-state index in [2.05, 4.69) is 14.6 Å². The predicted octanol–water partition coefficient (Wildman–Crippen LogP) is 1.76. The van der Waals surface area contributed by atoms with Crippen molar-refractivity contribution in [1.82, 2.24) is 9.88 Å². The number of rotatable bonds is 3. The Morgan fingerprint density at radius 2 is 2.37 bits per heavy atom. The number of aromatic nitrogens is 1. The smallest absolute Gasteiger partial charge is 0.336 e. The minimum Gasteiger partial charge on any atom is -0.467 e. The second-order valence-corrected chi connectivity index (χ2v) is 4.95. The van der Waals surface area contributed by atoms with Gasteiger partial charge in [-0.1, -0.05) is 29.3 Å². The third-order valence-electron chi connectivity index (χ3n) is 2.90. The van der Waals surface area contributed by atoms with E-state index in [1.807, 2.05) is 6.07 Å². The Morgan fingerprint density at radius 1 is 1.58 bits per heavy atom. The van der Waals surface area contributed by atoms with Gasteiger partial charge in [0.15, 0.2) is 6.10 Å². The molecule has 0 N–H and O–H groups in total. The van der Waals surface area contributed by atoms with Crippen LogP contribution in [0.3, 0.4) is 0 Å². The van der Waals surface area contributed by atoms with Crippen LogP contribution in [-0.4, -0.2) is 48.8 Å². The monoisotopic (exact) mass is 304 g/mol. The largest absolute Gasteiger partial charge is 0.467 e. The average molecular weight is 305 g/mol. The van der Waals surface area contributed by atoms with E-state index < -0.39 is 6.10 Å². The van der Waals surface area contributed by atoms with E-state index in [9.17, 15) is 4.79 Å². The molecule has 1 aromatic heterocycles. The van der Waals surface area contributed by atoms with Gasteiger partial charge >= 0.3 is 5.97 Å². The van der Waals surface area contributed by atoms with Crippen LogP contribution >= 0.6 is 23.2 Å². The maximum atomic E-state index is 11.4. The number of hydrogen-bond donors (Lipinski definition) is 0. The summed E-state index contributed by atoms with van der Waals surface area (Å²) >= 11 is 11.8. The summed E-state index contributed by atoms with van der Waals surface area (Å²) in [5, 5.41) is 0.747. The summed E-state index contributed by atoms with van der Waals surface area (Å²) in [4.78, 5) is 17.5. The number of esters is 1. The number of hydrogen-bond acceptors (Lipinski definition) is 5. The number of nitrogens with zero attached hydrogens (tertiary/aromatic N) is 2. The lowest BCUT2D eigenvalue weighted by atomic mass is 10.2. The highest BCUT2D eigenvalue weighted by Crippen LogP contribution is 2.19. The first-order valence-electron chi connectivity index (χ1n) is 5.83. The van der Waals surface area contributed by atoms with Gasteiger partial charge in [0.2, 0.25) is 0 Å². The lowest BCUT2D eigenvalue weighted by molar-refractivity contribution is -0.160. The van der Waals surface area contributed by atoms with Crippen molar-refractivity contribution in [1.29, 1.82) is 0 Å². The molecule has 1 unspecified atom stereocenters. The molecule has 2 rings (SSSR count). The molecule has 0 spiro atoms. The molecule has 5 nitrogen and oxygen atoms in total. The summed E-state index contributed by atoms with van der Waals surface area (Å²) in [6, 6.07) is 3.53. The Balaban J connectivity index is 2.00. The van der Waals surface area contributed by atoms with Crippen LogP contribution in [0, 0.1) is 0 Å². The van der Waals surface area contributed by atoms with E-state index >= 15 is 0 Å². The Bertz CT molecular complexity index is 470. The van der Waals surface area contributed by atoms with Crippen LogP contribution in [0.5, 0.6) is 0 Å². The zero-order valence-electron chi connectivity index (χ0n) is 10.4. The predicted molar refractivity (Wildman–Crippen MR) is 71.3 cm³/mol. The van der Waals surface area contributed by atoms with Crippen molar-refractivity contribution in [2.24, 2.45) is 0 Å². The third kappa shape index (κ3) is 3.79. The van der Waals surface area contributed by atoms with E-state index in [0.29, 0.717) is 30.0 Å². The fourth-order valence-corrected chi connectivity index (χ4v) is 2.32. The van der Waals surface area contributed by atoms with Gasteiger partial charge in [0, 0.05) is 25.2 Å². The van der Waals surface area contributed by atoms with Crippen molar-refractivity contribution < 1.29 is 14.3 Å². The molecule has 1 aliphatic rings. The minimum atomic E-state index is -0.544. The van der Waals surface area contributed by atoms with E-state index in [0.717, 1.165) is 12.1 Å². The zero-order chi connectivity index (χ0) is 13.8. The Labute approximate surface area is 121 Å². The number of morpholine rings is 1. The minimum absolute atomic E-state index is 0.356. The first kappa shape index (κ1) is 14.5. The fourth-order valence-electron chi connectivity index (χ4n) is 1.92. The van der Waals surface area contributed by atoms with Gasteiger partial charge in [-0.15, -0.1) is 0 Å². The lowest BCUT2D eigenvalue weighted by Gasteiger charge is -2.31. The molecule has 7 heteroatoms. The first-order valence-corrected chi connectivity index (χ1v) is 6.58. The molecule has 0 aromatic carbocycles. The van der Waals surface area contributed by atoms with E-state index in [-0.39, 0.29) is 5.97 Å². The SMILES string of the molecule is COC(=O)C1CN(Cc2ccc(Cl)nc2Cl)CCO1. The van der Waals surface area contributed by atoms with E-state index in [1.165, 1.54) is 7.11 Å². The Kier molecular flexibility index (Phi) is 4.99. The van der Waals surface area contributed by atoms with Crippen LogP contribution in [0.25, 0.3) is 0 Å². The maximum Gasteiger partial charge on any atom is 0.336 e. The molecule has 1 fully saturated rings. The molecule has 104 valence electrons. The summed E-state index contributed by atoms with van der Waals surface area (Å²) in [5.41, 5.74) is 0.872. The molecule has 1 aliphatic heterocycles. The number of methoxy groups -OCH3 is 1. The van der Waals surface area contributed by atoms with Gasteiger partial charge < -0.3 is 9.47 Å². The molecule has 1 saturated heterocycles. The fraction of sp³-hybridized carbons (Fsp3) is 0.500. The van der Waals surface area contributed by atoms with E-state index in [1.54, 1.807) is 6.07 Å². The molecule has 0 saturated carbocycles. The summed E-state index contributed by atoms with van der Waals surface area (Å²) in [6.45, 7) is 2.29. The number of carbonyl (C=O) groups is 1. The van der Waals surface area contributed by atoms with Crippen LogP contribution in [0.1, 0.15) is 5.56 Å². The number of carbonyl (C=O) groups excluding carboxylic acids is 1. The highest BCUT2D eigenvalue weighted by atomic mass is 35.5. The number of halogens is 2. The van der Waals surface area contributed by atoms with Crippen molar-refractivity contribution in [3.63, 3.8) is 0 Å². The second kappa shape index (κ2) is 6.52. The van der Waals surface area contributed by atoms with Gasteiger partial charge in [-0.2, -0.15) is 0 Å². The standard InChI is InChI=1S/C12H14Cl2N2O3/c1-18-12(17)9-7-16(4-5-19-9)6-8-2-3-10(13)15-11(8)14/h2-3,9H,4-7H2,1H3. The van der Waals surface area contributed by atoms with Crippen LogP contribution in [0.4, 0.5) is 0 Å². The summed E-state index contributed by atoms with van der Waals surface area (Å²) < 4.78 is 10.0. The number of pyridine rings is 1. The highest BCUT2D eigenvalue weighted by Gasteiger charge is 2.27.